The summed E-state index contributed by atoms with van der Waals surface area (Å²) in [6, 6.07) is 2.06. The Kier molecular flexibility index (Phi) is 4.28. The summed E-state index contributed by atoms with van der Waals surface area (Å²) in [5.41, 5.74) is 1.26. The lowest BCUT2D eigenvalue weighted by molar-refractivity contribution is 0.646. The summed E-state index contributed by atoms with van der Waals surface area (Å²) in [6.07, 6.45) is 5.85. The van der Waals surface area contributed by atoms with Crippen LogP contribution >= 0.6 is 11.3 Å². The van der Waals surface area contributed by atoms with Gasteiger partial charge in [0.1, 0.15) is 0 Å². The van der Waals surface area contributed by atoms with Crippen molar-refractivity contribution in [3.05, 3.63) is 34.0 Å². The monoisotopic (exact) mass is 250 g/mol. The molecule has 0 saturated carbocycles. The van der Waals surface area contributed by atoms with Crippen molar-refractivity contribution >= 4 is 11.3 Å². The molecule has 0 aromatic carbocycles. The minimum Gasteiger partial charge on any atom is -0.311 e. The third-order valence-corrected chi connectivity index (χ3v) is 3.83. The SMILES string of the molecule is CCc1ncc(CNCCc2ccnn2C)s1. The molecule has 0 fully saturated rings. The average Bonchev–Trinajstić information content (AvgIpc) is 2.94. The van der Waals surface area contributed by atoms with E-state index in [-0.39, 0.29) is 0 Å². The van der Waals surface area contributed by atoms with Gasteiger partial charge < -0.3 is 5.32 Å². The fraction of sp³-hybridized carbons (Fsp3) is 0.500. The van der Waals surface area contributed by atoms with Crippen molar-refractivity contribution in [3.63, 3.8) is 0 Å². The second-order valence-electron chi connectivity index (χ2n) is 3.95. The Labute approximate surface area is 106 Å². The first-order chi connectivity index (χ1) is 8.29. The molecule has 0 bridgehead atoms. The molecule has 0 saturated heterocycles. The molecule has 17 heavy (non-hydrogen) atoms. The number of nitrogens with zero attached hydrogens (tertiary/aromatic N) is 3. The van der Waals surface area contributed by atoms with E-state index in [0.29, 0.717) is 0 Å². The number of nitrogens with one attached hydrogen (secondary N) is 1. The molecule has 1 N–H and O–H groups in total. The number of thiazole rings is 1. The van der Waals surface area contributed by atoms with Crippen molar-refractivity contribution in [1.82, 2.24) is 20.1 Å². The van der Waals surface area contributed by atoms with Crippen molar-refractivity contribution in [2.45, 2.75) is 26.3 Å². The zero-order chi connectivity index (χ0) is 12.1. The van der Waals surface area contributed by atoms with E-state index in [2.05, 4.69) is 28.4 Å². The van der Waals surface area contributed by atoms with Gasteiger partial charge in [-0.2, -0.15) is 5.10 Å². The van der Waals surface area contributed by atoms with Crippen LogP contribution in [0.25, 0.3) is 0 Å². The smallest absolute Gasteiger partial charge is 0.0925 e. The first-order valence-corrected chi connectivity index (χ1v) is 6.72. The third-order valence-electron chi connectivity index (χ3n) is 2.68. The molecule has 4 nitrogen and oxygen atoms in total. The molecule has 2 aromatic rings. The molecule has 2 aromatic heterocycles. The standard InChI is InChI=1S/C12H18N4S/c1-3-12-14-9-11(17-12)8-13-6-4-10-5-7-15-16(10)2/h5,7,9,13H,3-4,6,8H2,1-2H3. The fourth-order valence-electron chi connectivity index (χ4n) is 1.67. The Morgan fingerprint density at radius 2 is 2.35 bits per heavy atom. The van der Waals surface area contributed by atoms with Gasteiger partial charge in [-0.3, -0.25) is 4.68 Å². The van der Waals surface area contributed by atoms with Gasteiger partial charge in [-0.1, -0.05) is 6.92 Å². The molecule has 0 unspecified atom stereocenters. The van der Waals surface area contributed by atoms with Gasteiger partial charge >= 0.3 is 0 Å². The molecule has 0 aliphatic carbocycles. The van der Waals surface area contributed by atoms with E-state index in [1.807, 2.05) is 24.1 Å². The molecule has 2 heterocycles. The van der Waals surface area contributed by atoms with Gasteiger partial charge in [0.05, 0.1) is 5.01 Å². The van der Waals surface area contributed by atoms with Gasteiger partial charge in [0.15, 0.2) is 0 Å². The average molecular weight is 250 g/mol. The Morgan fingerprint density at radius 3 is 3.00 bits per heavy atom. The topological polar surface area (TPSA) is 42.7 Å². The van der Waals surface area contributed by atoms with Crippen LogP contribution in [0.4, 0.5) is 0 Å². The molecular weight excluding hydrogens is 232 g/mol. The molecular formula is C12H18N4S. The predicted octanol–water partition coefficient (Wildman–Crippen LogP) is 1.77. The molecule has 5 heteroatoms. The van der Waals surface area contributed by atoms with Gasteiger partial charge in [0.2, 0.25) is 0 Å². The van der Waals surface area contributed by atoms with Crippen molar-refractivity contribution in [1.29, 1.82) is 0 Å². The Bertz CT molecular complexity index is 461. The molecule has 0 amide bonds. The normalized spacial score (nSPS) is 10.9. The van der Waals surface area contributed by atoms with Crippen LogP contribution in [-0.4, -0.2) is 21.3 Å². The highest BCUT2D eigenvalue weighted by molar-refractivity contribution is 7.11. The van der Waals surface area contributed by atoms with E-state index >= 15 is 0 Å². The first-order valence-electron chi connectivity index (χ1n) is 5.90. The maximum atomic E-state index is 4.34. The maximum absolute atomic E-state index is 4.34. The van der Waals surface area contributed by atoms with Crippen LogP contribution in [-0.2, 0) is 26.4 Å². The van der Waals surface area contributed by atoms with Crippen LogP contribution in [0.2, 0.25) is 0 Å². The lowest BCUT2D eigenvalue weighted by atomic mass is 10.3. The van der Waals surface area contributed by atoms with Gasteiger partial charge in [-0.05, 0) is 12.5 Å². The third kappa shape index (κ3) is 3.38. The van der Waals surface area contributed by atoms with Crippen molar-refractivity contribution in [2.24, 2.45) is 7.05 Å². The summed E-state index contributed by atoms with van der Waals surface area (Å²) >= 11 is 1.79. The van der Waals surface area contributed by atoms with Crippen LogP contribution in [0.15, 0.2) is 18.5 Å². The van der Waals surface area contributed by atoms with E-state index < -0.39 is 0 Å². The second kappa shape index (κ2) is 5.93. The Balaban J connectivity index is 1.71. The van der Waals surface area contributed by atoms with Crippen LogP contribution in [0.5, 0.6) is 0 Å². The fourth-order valence-corrected chi connectivity index (χ4v) is 2.50. The zero-order valence-electron chi connectivity index (χ0n) is 10.3. The number of hydrogen-bond donors (Lipinski definition) is 1. The van der Waals surface area contributed by atoms with Crippen LogP contribution in [0.3, 0.4) is 0 Å². The Hall–Kier alpha value is -1.20. The van der Waals surface area contributed by atoms with Crippen molar-refractivity contribution in [2.75, 3.05) is 6.54 Å². The molecule has 2 rings (SSSR count). The lowest BCUT2D eigenvalue weighted by Crippen LogP contribution is -2.17. The molecule has 0 aliphatic rings. The number of aryl methyl sites for hydroxylation is 2. The summed E-state index contributed by atoms with van der Waals surface area (Å²) in [6.45, 7) is 4.02. The summed E-state index contributed by atoms with van der Waals surface area (Å²) in [5, 5.41) is 8.80. The van der Waals surface area contributed by atoms with Crippen LogP contribution in [0, 0.1) is 0 Å². The number of hydrogen-bond acceptors (Lipinski definition) is 4. The van der Waals surface area contributed by atoms with Crippen molar-refractivity contribution < 1.29 is 0 Å². The van der Waals surface area contributed by atoms with E-state index in [0.717, 1.165) is 25.9 Å². The summed E-state index contributed by atoms with van der Waals surface area (Å²) < 4.78 is 1.92. The minimum atomic E-state index is 0.912. The molecule has 92 valence electrons. The van der Waals surface area contributed by atoms with Gasteiger partial charge in [-0.25, -0.2) is 4.98 Å². The minimum absolute atomic E-state index is 0.912. The summed E-state index contributed by atoms with van der Waals surface area (Å²) in [7, 11) is 1.98. The molecule has 0 spiro atoms. The van der Waals surface area contributed by atoms with Gasteiger partial charge in [-0.15, -0.1) is 11.3 Å². The van der Waals surface area contributed by atoms with E-state index in [1.165, 1.54) is 15.6 Å². The molecule has 0 aliphatic heterocycles. The molecule has 0 radical (unpaired) electrons. The largest absolute Gasteiger partial charge is 0.311 e. The number of rotatable bonds is 6. The summed E-state index contributed by atoms with van der Waals surface area (Å²) in [5.74, 6) is 0. The highest BCUT2D eigenvalue weighted by atomic mass is 32.1. The van der Waals surface area contributed by atoms with Crippen LogP contribution in [0.1, 0.15) is 22.5 Å². The Morgan fingerprint density at radius 1 is 1.47 bits per heavy atom. The maximum Gasteiger partial charge on any atom is 0.0925 e. The lowest BCUT2D eigenvalue weighted by Gasteiger charge is -2.03. The van der Waals surface area contributed by atoms with Gasteiger partial charge in [0.25, 0.3) is 0 Å². The molecule has 0 atom stereocenters. The van der Waals surface area contributed by atoms with E-state index in [4.69, 9.17) is 0 Å². The van der Waals surface area contributed by atoms with E-state index in [1.54, 1.807) is 11.3 Å². The highest BCUT2D eigenvalue weighted by Crippen LogP contribution is 2.12. The van der Waals surface area contributed by atoms with Gasteiger partial charge in [0, 0.05) is 49.5 Å². The zero-order valence-corrected chi connectivity index (χ0v) is 11.1. The predicted molar refractivity (Wildman–Crippen MR) is 70.1 cm³/mol. The second-order valence-corrected chi connectivity index (χ2v) is 5.15. The number of aromatic nitrogens is 3. The first kappa shape index (κ1) is 12.3. The van der Waals surface area contributed by atoms with Crippen LogP contribution < -0.4 is 5.32 Å². The van der Waals surface area contributed by atoms with E-state index in [9.17, 15) is 0 Å². The van der Waals surface area contributed by atoms with Crippen molar-refractivity contribution in [3.8, 4) is 0 Å². The summed E-state index contributed by atoms with van der Waals surface area (Å²) in [4.78, 5) is 5.65. The quantitative estimate of drug-likeness (QED) is 0.795. The highest BCUT2D eigenvalue weighted by Gasteiger charge is 2.01.